The van der Waals surface area contributed by atoms with Gasteiger partial charge in [-0.3, -0.25) is 0 Å². The molecular formula is C60H34F3N7. The van der Waals surface area contributed by atoms with Crippen molar-refractivity contribution in [3.05, 3.63) is 223 Å². The summed E-state index contributed by atoms with van der Waals surface area (Å²) in [6, 6.07) is 67.4. The average molecular weight is 910 g/mol. The van der Waals surface area contributed by atoms with E-state index in [9.17, 15) is 10.5 Å². The first-order valence-corrected chi connectivity index (χ1v) is 22.4. The number of hydrogen-bond acceptors (Lipinski definition) is 5. The molecule has 3 aromatic heterocycles. The Balaban J connectivity index is 1.19. The number of benzene rings is 9. The van der Waals surface area contributed by atoms with Crippen molar-refractivity contribution in [1.29, 1.82) is 10.5 Å². The largest absolute Gasteiger partial charge is 0.420 e. The summed E-state index contributed by atoms with van der Waals surface area (Å²) in [5, 5.41) is 22.0. The van der Waals surface area contributed by atoms with Gasteiger partial charge in [-0.1, -0.05) is 133 Å². The van der Waals surface area contributed by atoms with Gasteiger partial charge >= 0.3 is 6.18 Å². The van der Waals surface area contributed by atoms with Crippen LogP contribution in [0.5, 0.6) is 0 Å². The van der Waals surface area contributed by atoms with Crippen molar-refractivity contribution in [3.8, 4) is 79.9 Å². The highest BCUT2D eigenvalue weighted by Crippen LogP contribution is 2.47. The maximum Gasteiger partial charge on any atom is 0.420 e. The zero-order valence-corrected chi connectivity index (χ0v) is 36.9. The lowest BCUT2D eigenvalue weighted by Crippen LogP contribution is -2.16. The van der Waals surface area contributed by atoms with Crippen molar-refractivity contribution in [1.82, 2.24) is 24.1 Å². The van der Waals surface area contributed by atoms with E-state index in [0.717, 1.165) is 54.9 Å². The molecule has 7 nitrogen and oxygen atoms in total. The topological polar surface area (TPSA) is 96.1 Å². The minimum atomic E-state index is -4.90. The highest BCUT2D eigenvalue weighted by Gasteiger charge is 2.40. The molecular weight excluding hydrogens is 876 g/mol. The normalized spacial score (nSPS) is 11.6. The summed E-state index contributed by atoms with van der Waals surface area (Å²) in [6.45, 7) is 0. The average Bonchev–Trinajstić information content (AvgIpc) is 3.93. The van der Waals surface area contributed by atoms with Crippen LogP contribution >= 0.6 is 0 Å². The number of nitriles is 2. The second-order valence-electron chi connectivity index (χ2n) is 17.0. The fraction of sp³-hybridized carbons (Fsp3) is 0.0167. The molecule has 0 aliphatic carbocycles. The highest BCUT2D eigenvalue weighted by atomic mass is 19.4. The van der Waals surface area contributed by atoms with Crippen LogP contribution in [0.3, 0.4) is 0 Å². The van der Waals surface area contributed by atoms with Crippen LogP contribution in [0, 0.1) is 22.7 Å². The third kappa shape index (κ3) is 7.11. The number of hydrogen-bond donors (Lipinski definition) is 0. The highest BCUT2D eigenvalue weighted by molar-refractivity contribution is 6.12. The van der Waals surface area contributed by atoms with Gasteiger partial charge in [0.25, 0.3) is 0 Å². The van der Waals surface area contributed by atoms with Crippen molar-refractivity contribution < 1.29 is 13.2 Å². The fourth-order valence-corrected chi connectivity index (χ4v) is 9.62. The molecule has 10 heteroatoms. The Hall–Kier alpha value is -9.64. The zero-order chi connectivity index (χ0) is 47.5. The molecule has 0 N–H and O–H groups in total. The van der Waals surface area contributed by atoms with Crippen molar-refractivity contribution in [3.63, 3.8) is 0 Å². The van der Waals surface area contributed by atoms with Gasteiger partial charge in [0.2, 0.25) is 0 Å². The minimum Gasteiger partial charge on any atom is -0.309 e. The van der Waals surface area contributed by atoms with Crippen molar-refractivity contribution in [2.45, 2.75) is 6.18 Å². The van der Waals surface area contributed by atoms with Gasteiger partial charge in [-0.2, -0.15) is 23.7 Å². The second kappa shape index (κ2) is 16.6. The molecule has 0 spiro atoms. The number of rotatable bonds is 7. The molecule has 0 aliphatic heterocycles. The van der Waals surface area contributed by atoms with Crippen molar-refractivity contribution in [2.24, 2.45) is 0 Å². The monoisotopic (exact) mass is 909 g/mol. The van der Waals surface area contributed by atoms with Gasteiger partial charge < -0.3 is 9.13 Å². The van der Waals surface area contributed by atoms with Gasteiger partial charge in [-0.25, -0.2) is 15.0 Å². The summed E-state index contributed by atoms with van der Waals surface area (Å²) < 4.78 is 53.7. The number of halogens is 3. The van der Waals surface area contributed by atoms with E-state index in [0.29, 0.717) is 50.4 Å². The van der Waals surface area contributed by atoms with E-state index in [1.165, 1.54) is 0 Å². The van der Waals surface area contributed by atoms with Crippen LogP contribution in [0.1, 0.15) is 16.7 Å². The second-order valence-corrected chi connectivity index (χ2v) is 17.0. The van der Waals surface area contributed by atoms with Crippen molar-refractivity contribution in [2.75, 3.05) is 0 Å². The third-order valence-electron chi connectivity index (χ3n) is 12.9. The number of fused-ring (bicyclic) bond motifs is 6. The summed E-state index contributed by atoms with van der Waals surface area (Å²) in [5.74, 6) is 0.926. The maximum atomic E-state index is 16.8. The van der Waals surface area contributed by atoms with Gasteiger partial charge in [-0.05, 0) is 95.1 Å². The lowest BCUT2D eigenvalue weighted by molar-refractivity contribution is -0.137. The van der Waals surface area contributed by atoms with Gasteiger partial charge in [0.05, 0.1) is 56.7 Å². The van der Waals surface area contributed by atoms with Crippen LogP contribution in [0.4, 0.5) is 13.2 Å². The molecule has 0 saturated heterocycles. The van der Waals surface area contributed by atoms with Gasteiger partial charge in [0.15, 0.2) is 17.5 Å². The first kappa shape index (κ1) is 41.8. The lowest BCUT2D eigenvalue weighted by Gasteiger charge is -2.23. The molecule has 0 amide bonds. The van der Waals surface area contributed by atoms with E-state index in [-0.39, 0.29) is 17.2 Å². The minimum absolute atomic E-state index is 0.111. The number of para-hydroxylation sites is 2. The smallest absolute Gasteiger partial charge is 0.309 e. The molecule has 3 heterocycles. The lowest BCUT2D eigenvalue weighted by atomic mass is 10.0. The molecule has 0 fully saturated rings. The van der Waals surface area contributed by atoms with Crippen LogP contribution in [-0.2, 0) is 6.18 Å². The molecule has 9 aromatic carbocycles. The van der Waals surface area contributed by atoms with Crippen LogP contribution in [0.2, 0.25) is 0 Å². The number of alkyl halides is 3. The van der Waals surface area contributed by atoms with Crippen molar-refractivity contribution >= 4 is 43.6 Å². The zero-order valence-electron chi connectivity index (χ0n) is 36.9. The van der Waals surface area contributed by atoms with E-state index in [2.05, 4.69) is 12.1 Å². The molecule has 330 valence electrons. The van der Waals surface area contributed by atoms with E-state index in [1.807, 2.05) is 170 Å². The van der Waals surface area contributed by atoms with E-state index in [1.54, 1.807) is 45.5 Å². The standard InChI is InChI=1S/C60H34F3N7/c61-60(62,63)56-54(69-50-17-9-7-15-46(50)48-31-43(27-29-52(48)69)39-23-19-37(35-64)20-24-39)33-45(59-67-57(41-11-3-1-4-12-41)66-58(68-59)42-13-5-2-6-14-42)34-55(56)70-51-18-10-8-16-47(51)49-32-44(28-30-53(49)70)40-25-21-38(36-65)22-26-40/h1-34H. The summed E-state index contributed by atoms with van der Waals surface area (Å²) in [6.07, 6.45) is -4.90. The van der Waals surface area contributed by atoms with Gasteiger partial charge in [-0.15, -0.1) is 0 Å². The molecule has 0 unspecified atom stereocenters. The van der Waals surface area contributed by atoms with Crippen LogP contribution in [0.15, 0.2) is 206 Å². The Morgan fingerprint density at radius 3 is 1.10 bits per heavy atom. The molecule has 0 aliphatic rings. The van der Waals surface area contributed by atoms with Crippen LogP contribution in [0.25, 0.3) is 111 Å². The molecule has 70 heavy (non-hydrogen) atoms. The predicted molar refractivity (Wildman–Crippen MR) is 270 cm³/mol. The Morgan fingerprint density at radius 1 is 0.343 bits per heavy atom. The molecule has 0 radical (unpaired) electrons. The molecule has 0 bridgehead atoms. The summed E-state index contributed by atoms with van der Waals surface area (Å²) in [4.78, 5) is 15.0. The first-order valence-electron chi connectivity index (χ1n) is 22.4. The molecule has 12 rings (SSSR count). The van der Waals surface area contributed by atoms with Gasteiger partial charge in [0, 0.05) is 38.2 Å². The van der Waals surface area contributed by atoms with Gasteiger partial charge in [0.1, 0.15) is 5.56 Å². The Labute approximate surface area is 398 Å². The van der Waals surface area contributed by atoms with E-state index >= 15 is 13.2 Å². The molecule has 0 saturated carbocycles. The number of aromatic nitrogens is 5. The third-order valence-corrected chi connectivity index (χ3v) is 12.9. The molecule has 12 aromatic rings. The van der Waals surface area contributed by atoms with Crippen LogP contribution < -0.4 is 0 Å². The molecule has 0 atom stereocenters. The SMILES string of the molecule is N#Cc1ccc(-c2ccc3c(c2)c2ccccc2n3-c2cc(-c3nc(-c4ccccc4)nc(-c4ccccc4)n3)cc(-n3c4ccccc4c4cc(-c5ccc(C#N)cc5)ccc43)c2C(F)(F)F)cc1. The van der Waals surface area contributed by atoms with E-state index in [4.69, 9.17) is 15.0 Å². The Morgan fingerprint density at radius 2 is 0.700 bits per heavy atom. The first-order chi connectivity index (χ1) is 34.2. The predicted octanol–water partition coefficient (Wildman–Crippen LogP) is 15.2. The Bertz CT molecular complexity index is 3850. The van der Waals surface area contributed by atoms with Crippen LogP contribution in [-0.4, -0.2) is 24.1 Å². The summed E-state index contributed by atoms with van der Waals surface area (Å²) in [7, 11) is 0. The quantitative estimate of drug-likeness (QED) is 0.159. The maximum absolute atomic E-state index is 16.8. The summed E-state index contributed by atoms with van der Waals surface area (Å²) in [5.41, 5.74) is 7.46. The summed E-state index contributed by atoms with van der Waals surface area (Å²) >= 11 is 0. The Kier molecular flexibility index (Phi) is 9.90. The van der Waals surface area contributed by atoms with E-state index < -0.39 is 11.7 Å². The number of nitrogens with zero attached hydrogens (tertiary/aromatic N) is 7. The fourth-order valence-electron chi connectivity index (χ4n) is 9.62.